The molecule has 0 spiro atoms. The highest BCUT2D eigenvalue weighted by molar-refractivity contribution is 5.25. The average molecular weight is 260 g/mol. The fourth-order valence-electron chi connectivity index (χ4n) is 1.63. The zero-order valence-electron chi connectivity index (χ0n) is 11.6. The second-order valence-corrected chi connectivity index (χ2v) is 4.67. The molecule has 0 radical (unpaired) electrons. The maximum Gasteiger partial charge on any atom is 0.219 e. The maximum atomic E-state index is 5.69. The van der Waals surface area contributed by atoms with Gasteiger partial charge in [-0.25, -0.2) is 4.98 Å². The lowest BCUT2D eigenvalue weighted by Crippen LogP contribution is -2.21. The highest BCUT2D eigenvalue weighted by Crippen LogP contribution is 2.19. The van der Waals surface area contributed by atoms with Gasteiger partial charge in [0, 0.05) is 31.4 Å². The Morgan fingerprint density at radius 1 is 1.42 bits per heavy atom. The molecule has 5 nitrogen and oxygen atoms in total. The lowest BCUT2D eigenvalue weighted by Gasteiger charge is -2.09. The van der Waals surface area contributed by atoms with Crippen molar-refractivity contribution >= 4 is 0 Å². The zero-order chi connectivity index (χ0) is 13.7. The summed E-state index contributed by atoms with van der Waals surface area (Å²) in [5.41, 5.74) is 1.15. The number of pyridine rings is 1. The van der Waals surface area contributed by atoms with Crippen molar-refractivity contribution in [2.45, 2.75) is 39.9 Å². The van der Waals surface area contributed by atoms with E-state index in [4.69, 9.17) is 4.74 Å². The first-order chi connectivity index (χ1) is 9.17. The van der Waals surface area contributed by atoms with E-state index in [-0.39, 0.29) is 0 Å². The lowest BCUT2D eigenvalue weighted by molar-refractivity contribution is 0.460. The summed E-state index contributed by atoms with van der Waals surface area (Å²) < 4.78 is 7.51. The molecule has 0 fully saturated rings. The molecule has 0 aliphatic heterocycles. The molecule has 0 aliphatic rings. The average Bonchev–Trinajstić information content (AvgIpc) is 2.84. The van der Waals surface area contributed by atoms with E-state index in [1.807, 2.05) is 29.9 Å². The Hall–Kier alpha value is -1.88. The van der Waals surface area contributed by atoms with Gasteiger partial charge in [-0.2, -0.15) is 5.10 Å². The predicted octanol–water partition coefficient (Wildman–Crippen LogP) is 2.59. The number of rotatable bonds is 6. The molecular weight excluding hydrogens is 240 g/mol. The minimum Gasteiger partial charge on any atom is -0.436 e. The van der Waals surface area contributed by atoms with Crippen LogP contribution in [0.3, 0.4) is 0 Å². The number of ether oxygens (including phenoxy) is 1. The number of aromatic nitrogens is 3. The van der Waals surface area contributed by atoms with Crippen LogP contribution in [0.15, 0.2) is 30.7 Å². The van der Waals surface area contributed by atoms with Crippen LogP contribution < -0.4 is 10.1 Å². The molecule has 2 aromatic rings. The van der Waals surface area contributed by atoms with Gasteiger partial charge in [0.05, 0.1) is 12.4 Å². The molecule has 2 aromatic heterocycles. The third-order valence-electron chi connectivity index (χ3n) is 2.67. The standard InChI is InChI=1S/C14H20N4O/c1-4-18-10-13(9-17-18)19-14-7-12(5-6-15-14)8-16-11(2)3/h5-7,9-11,16H,4,8H2,1-3H3. The molecule has 0 bridgehead atoms. The zero-order valence-corrected chi connectivity index (χ0v) is 11.6. The van der Waals surface area contributed by atoms with Crippen molar-refractivity contribution in [2.24, 2.45) is 0 Å². The van der Waals surface area contributed by atoms with Crippen LogP contribution in [0.4, 0.5) is 0 Å². The molecule has 0 aromatic carbocycles. The van der Waals surface area contributed by atoms with Crippen molar-refractivity contribution in [1.82, 2.24) is 20.1 Å². The van der Waals surface area contributed by atoms with Crippen molar-refractivity contribution in [1.29, 1.82) is 0 Å². The van der Waals surface area contributed by atoms with Gasteiger partial charge in [-0.3, -0.25) is 4.68 Å². The summed E-state index contributed by atoms with van der Waals surface area (Å²) in [5, 5.41) is 7.53. The van der Waals surface area contributed by atoms with Crippen molar-refractivity contribution in [3.63, 3.8) is 0 Å². The van der Waals surface area contributed by atoms with Crippen LogP contribution >= 0.6 is 0 Å². The monoisotopic (exact) mass is 260 g/mol. The summed E-state index contributed by atoms with van der Waals surface area (Å²) >= 11 is 0. The number of hydrogen-bond donors (Lipinski definition) is 1. The van der Waals surface area contributed by atoms with Crippen LogP contribution in [0, 0.1) is 0 Å². The SMILES string of the molecule is CCn1cc(Oc2cc(CNC(C)C)ccn2)cn1. The van der Waals surface area contributed by atoms with Crippen LogP contribution in [0.25, 0.3) is 0 Å². The summed E-state index contributed by atoms with van der Waals surface area (Å²) in [5.74, 6) is 1.31. The topological polar surface area (TPSA) is 52.0 Å². The van der Waals surface area contributed by atoms with Gasteiger partial charge < -0.3 is 10.1 Å². The van der Waals surface area contributed by atoms with E-state index >= 15 is 0 Å². The Bertz CT molecular complexity index is 522. The summed E-state index contributed by atoms with van der Waals surface area (Å²) in [4.78, 5) is 4.21. The predicted molar refractivity (Wildman–Crippen MR) is 74.2 cm³/mol. The molecule has 2 heterocycles. The number of nitrogens with zero attached hydrogens (tertiary/aromatic N) is 3. The molecule has 0 atom stereocenters. The molecule has 1 N–H and O–H groups in total. The molecule has 0 saturated heterocycles. The molecule has 102 valence electrons. The Morgan fingerprint density at radius 3 is 2.95 bits per heavy atom. The fraction of sp³-hybridized carbons (Fsp3) is 0.429. The van der Waals surface area contributed by atoms with Crippen molar-refractivity contribution in [3.05, 3.63) is 36.3 Å². The largest absolute Gasteiger partial charge is 0.436 e. The van der Waals surface area contributed by atoms with Gasteiger partial charge in [0.15, 0.2) is 5.75 Å². The van der Waals surface area contributed by atoms with E-state index in [0.717, 1.165) is 18.7 Å². The number of aryl methyl sites for hydroxylation is 1. The third kappa shape index (κ3) is 4.06. The molecule has 0 saturated carbocycles. The molecular formula is C14H20N4O. The van der Waals surface area contributed by atoms with E-state index in [1.165, 1.54) is 0 Å². The first kappa shape index (κ1) is 13.5. The van der Waals surface area contributed by atoms with Crippen molar-refractivity contribution < 1.29 is 4.74 Å². The van der Waals surface area contributed by atoms with Crippen molar-refractivity contribution in [2.75, 3.05) is 0 Å². The van der Waals surface area contributed by atoms with Crippen LogP contribution in [0.5, 0.6) is 11.6 Å². The second kappa shape index (κ2) is 6.33. The fourth-order valence-corrected chi connectivity index (χ4v) is 1.63. The lowest BCUT2D eigenvalue weighted by atomic mass is 10.2. The summed E-state index contributed by atoms with van der Waals surface area (Å²) in [7, 11) is 0. The first-order valence-electron chi connectivity index (χ1n) is 6.56. The van der Waals surface area contributed by atoms with Gasteiger partial charge >= 0.3 is 0 Å². The van der Waals surface area contributed by atoms with E-state index < -0.39 is 0 Å². The number of nitrogens with one attached hydrogen (secondary N) is 1. The van der Waals surface area contributed by atoms with E-state index in [9.17, 15) is 0 Å². The van der Waals surface area contributed by atoms with E-state index in [2.05, 4.69) is 29.2 Å². The Morgan fingerprint density at radius 2 is 2.26 bits per heavy atom. The summed E-state index contributed by atoms with van der Waals surface area (Å²) in [6.07, 6.45) is 5.32. The van der Waals surface area contributed by atoms with Crippen LogP contribution in [-0.2, 0) is 13.1 Å². The molecule has 19 heavy (non-hydrogen) atoms. The quantitative estimate of drug-likeness (QED) is 0.867. The first-order valence-corrected chi connectivity index (χ1v) is 6.56. The van der Waals surface area contributed by atoms with Gasteiger partial charge in [0.25, 0.3) is 0 Å². The maximum absolute atomic E-state index is 5.69. The van der Waals surface area contributed by atoms with Crippen LogP contribution in [-0.4, -0.2) is 20.8 Å². The van der Waals surface area contributed by atoms with Crippen LogP contribution in [0.2, 0.25) is 0 Å². The molecule has 0 amide bonds. The van der Waals surface area contributed by atoms with E-state index in [0.29, 0.717) is 17.7 Å². The van der Waals surface area contributed by atoms with Gasteiger partial charge in [0.1, 0.15) is 0 Å². The van der Waals surface area contributed by atoms with Gasteiger partial charge in [-0.05, 0) is 18.6 Å². The molecule has 0 aliphatic carbocycles. The summed E-state index contributed by atoms with van der Waals surface area (Å²) in [6, 6.07) is 4.39. The summed E-state index contributed by atoms with van der Waals surface area (Å²) in [6.45, 7) is 7.92. The minimum absolute atomic E-state index is 0.459. The number of hydrogen-bond acceptors (Lipinski definition) is 4. The Kier molecular flexibility index (Phi) is 4.52. The Labute approximate surface area is 113 Å². The van der Waals surface area contributed by atoms with E-state index in [1.54, 1.807) is 12.4 Å². The normalized spacial score (nSPS) is 10.9. The second-order valence-electron chi connectivity index (χ2n) is 4.67. The smallest absolute Gasteiger partial charge is 0.219 e. The van der Waals surface area contributed by atoms with Gasteiger partial charge in [0.2, 0.25) is 5.88 Å². The highest BCUT2D eigenvalue weighted by Gasteiger charge is 2.03. The minimum atomic E-state index is 0.459. The molecule has 2 rings (SSSR count). The molecule has 5 heteroatoms. The van der Waals surface area contributed by atoms with Gasteiger partial charge in [-0.1, -0.05) is 13.8 Å². The third-order valence-corrected chi connectivity index (χ3v) is 2.67. The van der Waals surface area contributed by atoms with Crippen LogP contribution in [0.1, 0.15) is 26.3 Å². The van der Waals surface area contributed by atoms with Gasteiger partial charge in [-0.15, -0.1) is 0 Å². The highest BCUT2D eigenvalue weighted by atomic mass is 16.5. The van der Waals surface area contributed by atoms with Crippen molar-refractivity contribution in [3.8, 4) is 11.6 Å². The molecule has 0 unspecified atom stereocenters. The Balaban J connectivity index is 2.02.